The van der Waals surface area contributed by atoms with E-state index in [-0.39, 0.29) is 12.0 Å². The van der Waals surface area contributed by atoms with Crippen LogP contribution in [-0.2, 0) is 4.79 Å². The fourth-order valence-corrected chi connectivity index (χ4v) is 2.01. The molecular weight excluding hydrogens is 152 g/mol. The van der Waals surface area contributed by atoms with Crippen molar-refractivity contribution in [3.8, 4) is 5.75 Å². The highest BCUT2D eigenvalue weighted by molar-refractivity contribution is 5.67. The maximum Gasteiger partial charge on any atom is 0.127 e. The maximum absolute atomic E-state index is 10.5. The van der Waals surface area contributed by atoms with Gasteiger partial charge in [-0.05, 0) is 6.07 Å². The highest BCUT2D eigenvalue weighted by atomic mass is 16.5. The molecule has 1 saturated carbocycles. The van der Waals surface area contributed by atoms with Crippen LogP contribution in [0.1, 0.15) is 11.5 Å². The third-order valence-electron chi connectivity index (χ3n) is 2.71. The molecule has 12 heavy (non-hydrogen) atoms. The predicted molar refractivity (Wildman–Crippen MR) is 43.2 cm³/mol. The minimum Gasteiger partial charge on any atom is -0.489 e. The van der Waals surface area contributed by atoms with Crippen LogP contribution in [0.15, 0.2) is 24.3 Å². The van der Waals surface area contributed by atoms with Crippen LogP contribution < -0.4 is 4.74 Å². The molecule has 0 radical (unpaired) electrons. The molecule has 1 fully saturated rings. The number of hydrogen-bond donors (Lipinski definition) is 0. The van der Waals surface area contributed by atoms with Crippen molar-refractivity contribution in [1.29, 1.82) is 0 Å². The lowest BCUT2D eigenvalue weighted by Gasteiger charge is -2.02. The second kappa shape index (κ2) is 1.89. The lowest BCUT2D eigenvalue weighted by Crippen LogP contribution is -1.99. The second-order valence-electron chi connectivity index (χ2n) is 3.36. The van der Waals surface area contributed by atoms with E-state index in [0.717, 1.165) is 12.0 Å². The number of rotatable bonds is 1. The first-order valence-electron chi connectivity index (χ1n) is 4.12. The molecule has 3 rings (SSSR count). The van der Waals surface area contributed by atoms with Crippen LogP contribution in [0.5, 0.6) is 5.75 Å². The Morgan fingerprint density at radius 3 is 3.00 bits per heavy atom. The zero-order valence-electron chi connectivity index (χ0n) is 6.44. The van der Waals surface area contributed by atoms with Crippen molar-refractivity contribution in [1.82, 2.24) is 0 Å². The van der Waals surface area contributed by atoms with Gasteiger partial charge in [0.25, 0.3) is 0 Å². The Hall–Kier alpha value is -1.31. The maximum atomic E-state index is 10.5. The lowest BCUT2D eigenvalue weighted by atomic mass is 10.1. The van der Waals surface area contributed by atoms with Crippen LogP contribution in [0.4, 0.5) is 0 Å². The molecule has 60 valence electrons. The van der Waals surface area contributed by atoms with Crippen molar-refractivity contribution in [2.75, 3.05) is 0 Å². The number of para-hydroxylation sites is 1. The monoisotopic (exact) mass is 160 g/mol. The summed E-state index contributed by atoms with van der Waals surface area (Å²) in [6.07, 6.45) is 1.16. The second-order valence-corrected chi connectivity index (χ2v) is 3.36. The molecule has 0 N–H and O–H groups in total. The largest absolute Gasteiger partial charge is 0.489 e. The summed E-state index contributed by atoms with van der Waals surface area (Å²) >= 11 is 0. The minimum absolute atomic E-state index is 0.125. The van der Waals surface area contributed by atoms with E-state index in [0.29, 0.717) is 5.92 Å². The number of carbonyl (C=O) groups excluding carboxylic acids is 1. The van der Waals surface area contributed by atoms with E-state index in [9.17, 15) is 4.79 Å². The molecular formula is C10H8O2. The third kappa shape index (κ3) is 0.583. The Balaban J connectivity index is 2.05. The van der Waals surface area contributed by atoms with Gasteiger partial charge in [-0.15, -0.1) is 0 Å². The quantitative estimate of drug-likeness (QED) is 0.580. The minimum atomic E-state index is 0.125. The van der Waals surface area contributed by atoms with Gasteiger partial charge in [0.1, 0.15) is 18.1 Å². The van der Waals surface area contributed by atoms with Crippen LogP contribution in [0.25, 0.3) is 0 Å². The van der Waals surface area contributed by atoms with Crippen LogP contribution in [0.3, 0.4) is 0 Å². The number of carbonyl (C=O) groups is 1. The van der Waals surface area contributed by atoms with Crippen LogP contribution >= 0.6 is 0 Å². The number of fused-ring (bicyclic) bond motifs is 3. The summed E-state index contributed by atoms with van der Waals surface area (Å²) in [6, 6.07) is 7.96. The molecule has 1 aromatic carbocycles. The molecule has 1 aliphatic heterocycles. The molecule has 3 atom stereocenters. The Morgan fingerprint density at radius 2 is 2.17 bits per heavy atom. The Bertz CT molecular complexity index is 345. The van der Waals surface area contributed by atoms with E-state index in [1.807, 2.05) is 24.3 Å². The van der Waals surface area contributed by atoms with E-state index >= 15 is 0 Å². The van der Waals surface area contributed by atoms with Gasteiger partial charge in [-0.2, -0.15) is 0 Å². The highest BCUT2D eigenvalue weighted by Crippen LogP contribution is 2.56. The first kappa shape index (κ1) is 6.23. The molecule has 0 spiro atoms. The Morgan fingerprint density at radius 1 is 1.33 bits per heavy atom. The summed E-state index contributed by atoms with van der Waals surface area (Å²) in [5.74, 6) is 1.45. The van der Waals surface area contributed by atoms with Crippen molar-refractivity contribution in [2.24, 2.45) is 5.92 Å². The SMILES string of the molecule is O=C[C@H]1[C@@H]2Oc3ccccc3[C@H]12. The normalized spacial score (nSPS) is 34.8. The van der Waals surface area contributed by atoms with Gasteiger partial charge in [-0.1, -0.05) is 18.2 Å². The van der Waals surface area contributed by atoms with E-state index in [4.69, 9.17) is 4.74 Å². The number of hydrogen-bond acceptors (Lipinski definition) is 2. The summed E-state index contributed by atoms with van der Waals surface area (Å²) in [7, 11) is 0. The van der Waals surface area contributed by atoms with Crippen LogP contribution in [0.2, 0.25) is 0 Å². The molecule has 0 aromatic heterocycles. The predicted octanol–water partition coefficient (Wildman–Crippen LogP) is 1.36. The van der Waals surface area contributed by atoms with Crippen molar-refractivity contribution in [2.45, 2.75) is 12.0 Å². The van der Waals surface area contributed by atoms with Crippen molar-refractivity contribution in [3.63, 3.8) is 0 Å². The molecule has 0 saturated heterocycles. The fraction of sp³-hybridized carbons (Fsp3) is 0.300. The standard InChI is InChI=1S/C10H8O2/c11-5-7-9-6-3-1-2-4-8(6)12-10(7)9/h1-5,7,9-10H/t7-,9-,10+/m1/s1. The first-order chi connectivity index (χ1) is 5.92. The third-order valence-corrected chi connectivity index (χ3v) is 2.71. The van der Waals surface area contributed by atoms with Gasteiger partial charge < -0.3 is 9.53 Å². The number of aldehydes is 1. The molecule has 0 unspecified atom stereocenters. The van der Waals surface area contributed by atoms with Gasteiger partial charge in [-0.25, -0.2) is 0 Å². The summed E-state index contributed by atoms with van der Waals surface area (Å²) in [5, 5.41) is 0. The van der Waals surface area contributed by atoms with Gasteiger partial charge in [0.05, 0.1) is 5.92 Å². The van der Waals surface area contributed by atoms with Gasteiger partial charge in [0.2, 0.25) is 0 Å². The molecule has 2 nitrogen and oxygen atoms in total. The molecule has 1 aromatic rings. The van der Waals surface area contributed by atoms with Crippen molar-refractivity contribution < 1.29 is 9.53 Å². The van der Waals surface area contributed by atoms with E-state index in [2.05, 4.69) is 0 Å². The average Bonchev–Trinajstić information content (AvgIpc) is 2.68. The highest BCUT2D eigenvalue weighted by Gasteiger charge is 2.58. The summed E-state index contributed by atoms with van der Waals surface area (Å²) < 4.78 is 5.55. The van der Waals surface area contributed by atoms with E-state index in [1.54, 1.807) is 0 Å². The zero-order chi connectivity index (χ0) is 8.13. The van der Waals surface area contributed by atoms with E-state index < -0.39 is 0 Å². The summed E-state index contributed by atoms with van der Waals surface area (Å²) in [4.78, 5) is 10.5. The Kier molecular flexibility index (Phi) is 0.980. The summed E-state index contributed by atoms with van der Waals surface area (Å²) in [6.45, 7) is 0. The van der Waals surface area contributed by atoms with Crippen molar-refractivity contribution >= 4 is 6.29 Å². The van der Waals surface area contributed by atoms with Crippen LogP contribution in [0, 0.1) is 5.92 Å². The zero-order valence-corrected chi connectivity index (χ0v) is 6.44. The Labute approximate surface area is 70.2 Å². The van der Waals surface area contributed by atoms with Gasteiger partial charge in [0.15, 0.2) is 0 Å². The topological polar surface area (TPSA) is 26.3 Å². The molecule has 1 aliphatic carbocycles. The number of ether oxygens (including phenoxy) is 1. The molecule has 0 bridgehead atoms. The molecule has 2 heteroatoms. The van der Waals surface area contributed by atoms with Gasteiger partial charge in [-0.3, -0.25) is 0 Å². The molecule has 1 heterocycles. The van der Waals surface area contributed by atoms with Gasteiger partial charge in [0, 0.05) is 11.5 Å². The summed E-state index contributed by atoms with van der Waals surface area (Å²) in [5.41, 5.74) is 1.21. The van der Waals surface area contributed by atoms with Crippen molar-refractivity contribution in [3.05, 3.63) is 29.8 Å². The number of benzene rings is 1. The lowest BCUT2D eigenvalue weighted by molar-refractivity contribution is -0.109. The van der Waals surface area contributed by atoms with Crippen LogP contribution in [-0.4, -0.2) is 12.4 Å². The van der Waals surface area contributed by atoms with E-state index in [1.165, 1.54) is 5.56 Å². The molecule has 2 aliphatic rings. The van der Waals surface area contributed by atoms with Gasteiger partial charge >= 0.3 is 0 Å². The first-order valence-corrected chi connectivity index (χ1v) is 4.12. The average molecular weight is 160 g/mol. The fourth-order valence-electron chi connectivity index (χ4n) is 2.01. The molecule has 0 amide bonds. The smallest absolute Gasteiger partial charge is 0.127 e.